The molecule has 0 aliphatic rings. The molecule has 0 aliphatic carbocycles. The van der Waals surface area contributed by atoms with Crippen molar-refractivity contribution in [3.05, 3.63) is 24.7 Å². The second-order valence-corrected chi connectivity index (χ2v) is 12.4. The molecule has 0 saturated heterocycles. The fourth-order valence-corrected chi connectivity index (χ4v) is 5.21. The molecule has 250 valence electrons. The molecule has 0 aromatic carbocycles. The van der Waals surface area contributed by atoms with Crippen LogP contribution in [0, 0.1) is 0 Å². The molecule has 0 rings (SSSR count). The summed E-state index contributed by atoms with van der Waals surface area (Å²) in [4.78, 5) is 9.37. The Morgan fingerprint density at radius 1 is 0.429 bits per heavy atom. The molecule has 0 aliphatic heterocycles. The molecule has 0 radical (unpaired) electrons. The molecule has 3 heteroatoms. The van der Waals surface area contributed by atoms with Crippen LogP contribution in [0.5, 0.6) is 0 Å². The van der Waals surface area contributed by atoms with Gasteiger partial charge in [0, 0.05) is 6.42 Å². The third kappa shape index (κ3) is 45.7. The quantitative estimate of drug-likeness (QED) is 0.0609. The summed E-state index contributed by atoms with van der Waals surface area (Å²) in [6.07, 6.45) is 50.6. The number of unbranched alkanes of at least 4 members (excludes halogenated alkanes) is 28. The molecule has 0 bridgehead atoms. The fourth-order valence-electron chi connectivity index (χ4n) is 5.21. The highest BCUT2D eigenvalue weighted by atomic mass is 16.5. The van der Waals surface area contributed by atoms with Crippen molar-refractivity contribution in [2.75, 3.05) is 0 Å². The van der Waals surface area contributed by atoms with Crippen molar-refractivity contribution in [1.82, 2.24) is 0 Å². The molecule has 3 nitrogen and oxygen atoms in total. The van der Waals surface area contributed by atoms with Crippen LogP contribution in [-0.2, 0) is 9.53 Å². The van der Waals surface area contributed by atoms with Crippen molar-refractivity contribution in [2.24, 2.45) is 0 Å². The molecule has 1 N–H and O–H groups in total. The summed E-state index contributed by atoms with van der Waals surface area (Å²) in [6, 6.07) is 0. The average Bonchev–Trinajstić information content (AvgIpc) is 2.99. The maximum absolute atomic E-state index is 9.37. The highest BCUT2D eigenvalue weighted by Crippen LogP contribution is 2.15. The average molecular weight is 593 g/mol. The van der Waals surface area contributed by atoms with Crippen LogP contribution in [0.25, 0.3) is 0 Å². The van der Waals surface area contributed by atoms with Gasteiger partial charge in [-0.15, -0.1) is 0 Å². The predicted molar refractivity (Wildman–Crippen MR) is 187 cm³/mol. The van der Waals surface area contributed by atoms with E-state index in [4.69, 9.17) is 9.84 Å². The van der Waals surface area contributed by atoms with E-state index in [0.717, 1.165) is 12.8 Å². The van der Waals surface area contributed by atoms with E-state index < -0.39 is 5.97 Å². The van der Waals surface area contributed by atoms with E-state index in [1.807, 2.05) is 12.5 Å². The second kappa shape index (κ2) is 41.9. The molecule has 0 aromatic heterocycles. The van der Waals surface area contributed by atoms with Gasteiger partial charge in [0.2, 0.25) is 0 Å². The lowest BCUT2D eigenvalue weighted by Gasteiger charge is -2.03. The van der Waals surface area contributed by atoms with E-state index in [1.165, 1.54) is 180 Å². The zero-order valence-corrected chi connectivity index (χ0v) is 29.0. The fraction of sp³-hybridized carbons (Fsp3) is 0.872. The first-order valence-corrected chi connectivity index (χ1v) is 18.9. The Hall–Kier alpha value is -1.25. The summed E-state index contributed by atoms with van der Waals surface area (Å²) < 4.78 is 5.51. The normalized spacial score (nSPS) is 11.3. The van der Waals surface area contributed by atoms with E-state index in [0.29, 0.717) is 0 Å². The number of rotatable bonds is 33. The summed E-state index contributed by atoms with van der Waals surface area (Å²) in [7, 11) is 0. The second-order valence-electron chi connectivity index (χ2n) is 12.4. The first-order chi connectivity index (χ1) is 20.7. The van der Waals surface area contributed by atoms with Crippen LogP contribution in [0.3, 0.4) is 0 Å². The Labute approximate surface area is 264 Å². The van der Waals surface area contributed by atoms with Crippen LogP contribution in [-0.4, -0.2) is 11.1 Å². The van der Waals surface area contributed by atoms with Crippen LogP contribution < -0.4 is 0 Å². The standard InChI is InChI=1S/C36H70O.C3H6O2/c1-3-5-7-9-11-13-15-17-19-21-23-25-27-29-31-33-35-37-36-34-32-30-28-26-24-22-20-18-16-14-12-10-8-6-4-2;1-2-3(4)5/h33-36H,3-32H2,1-2H3;2H2,1H3,(H,4,5). The third-order valence-corrected chi connectivity index (χ3v) is 8.10. The SMILES string of the molecule is CCC(=O)O.CCCCCCCCCCCCCCCCC=COC=CCCCCCCCCCCCCCCCC. The molecule has 0 aromatic rings. The van der Waals surface area contributed by atoms with Crippen LogP contribution >= 0.6 is 0 Å². The van der Waals surface area contributed by atoms with E-state index in [1.54, 1.807) is 6.92 Å². The van der Waals surface area contributed by atoms with Gasteiger partial charge in [0.1, 0.15) is 0 Å². The molecule has 42 heavy (non-hydrogen) atoms. The van der Waals surface area contributed by atoms with Gasteiger partial charge in [-0.3, -0.25) is 4.79 Å². The van der Waals surface area contributed by atoms with Gasteiger partial charge in [0.25, 0.3) is 0 Å². The minimum atomic E-state index is -0.745. The number of aliphatic carboxylic acids is 1. The largest absolute Gasteiger partial charge is 0.481 e. The zero-order chi connectivity index (χ0) is 31.0. The van der Waals surface area contributed by atoms with Crippen LogP contribution in [0.4, 0.5) is 0 Å². The van der Waals surface area contributed by atoms with Gasteiger partial charge in [-0.1, -0.05) is 188 Å². The molecule has 0 saturated carbocycles. The first kappa shape index (κ1) is 42.9. The smallest absolute Gasteiger partial charge is 0.303 e. The van der Waals surface area contributed by atoms with E-state index in [-0.39, 0.29) is 6.42 Å². The van der Waals surface area contributed by atoms with E-state index >= 15 is 0 Å². The minimum absolute atomic E-state index is 0.222. The molecular weight excluding hydrogens is 516 g/mol. The lowest BCUT2D eigenvalue weighted by atomic mass is 10.0. The van der Waals surface area contributed by atoms with Crippen LogP contribution in [0.1, 0.15) is 220 Å². The maximum Gasteiger partial charge on any atom is 0.303 e. The molecule has 0 unspecified atom stereocenters. The predicted octanol–water partition coefficient (Wildman–Crippen LogP) is 14.3. The number of hydrogen-bond acceptors (Lipinski definition) is 2. The molecule has 0 atom stereocenters. The summed E-state index contributed by atoms with van der Waals surface area (Å²) in [5, 5.41) is 7.72. The van der Waals surface area contributed by atoms with Crippen molar-refractivity contribution in [2.45, 2.75) is 220 Å². The van der Waals surface area contributed by atoms with Crippen molar-refractivity contribution in [3.63, 3.8) is 0 Å². The highest BCUT2D eigenvalue weighted by Gasteiger charge is 1.95. The Kier molecular flexibility index (Phi) is 42.8. The Morgan fingerprint density at radius 2 is 0.643 bits per heavy atom. The van der Waals surface area contributed by atoms with E-state index in [2.05, 4.69) is 26.0 Å². The van der Waals surface area contributed by atoms with Gasteiger partial charge in [-0.05, 0) is 37.8 Å². The van der Waals surface area contributed by atoms with E-state index in [9.17, 15) is 4.79 Å². The Bertz CT molecular complexity index is 500. The third-order valence-electron chi connectivity index (χ3n) is 8.10. The molecule has 0 amide bonds. The van der Waals surface area contributed by atoms with Gasteiger partial charge >= 0.3 is 5.97 Å². The summed E-state index contributed by atoms with van der Waals surface area (Å²) in [6.45, 7) is 6.19. The zero-order valence-electron chi connectivity index (χ0n) is 29.0. The monoisotopic (exact) mass is 593 g/mol. The molecule has 0 fully saturated rings. The molecular formula is C39H76O3. The summed E-state index contributed by atoms with van der Waals surface area (Å²) in [5.41, 5.74) is 0. The van der Waals surface area contributed by atoms with Crippen LogP contribution in [0.2, 0.25) is 0 Å². The topological polar surface area (TPSA) is 46.5 Å². The van der Waals surface area contributed by atoms with Crippen molar-refractivity contribution in [3.8, 4) is 0 Å². The van der Waals surface area contributed by atoms with Gasteiger partial charge in [0.15, 0.2) is 0 Å². The molecule has 0 spiro atoms. The van der Waals surface area contributed by atoms with Crippen molar-refractivity contribution in [1.29, 1.82) is 0 Å². The summed E-state index contributed by atoms with van der Waals surface area (Å²) >= 11 is 0. The highest BCUT2D eigenvalue weighted by molar-refractivity contribution is 5.66. The number of allylic oxidation sites excluding steroid dienone is 2. The number of carbonyl (C=O) groups is 1. The van der Waals surface area contributed by atoms with Gasteiger partial charge < -0.3 is 9.84 Å². The number of carboxylic acid groups (broad SMARTS) is 1. The number of hydrogen-bond donors (Lipinski definition) is 1. The lowest BCUT2D eigenvalue weighted by molar-refractivity contribution is -0.136. The first-order valence-electron chi connectivity index (χ1n) is 18.9. The van der Waals surface area contributed by atoms with Gasteiger partial charge in [-0.25, -0.2) is 0 Å². The van der Waals surface area contributed by atoms with Gasteiger partial charge in [-0.2, -0.15) is 0 Å². The van der Waals surface area contributed by atoms with Crippen molar-refractivity contribution >= 4 is 5.97 Å². The minimum Gasteiger partial charge on any atom is -0.481 e. The lowest BCUT2D eigenvalue weighted by Crippen LogP contribution is -1.86. The van der Waals surface area contributed by atoms with Gasteiger partial charge in [0.05, 0.1) is 12.5 Å². The maximum atomic E-state index is 9.37. The van der Waals surface area contributed by atoms with Crippen molar-refractivity contribution < 1.29 is 14.6 Å². The Balaban J connectivity index is 0. The number of ether oxygens (including phenoxy) is 1. The summed E-state index contributed by atoms with van der Waals surface area (Å²) in [5.74, 6) is -0.745. The number of carboxylic acids is 1. The molecule has 0 heterocycles. The Morgan fingerprint density at radius 3 is 0.857 bits per heavy atom. The van der Waals surface area contributed by atoms with Crippen LogP contribution in [0.15, 0.2) is 24.7 Å².